The molecule has 0 amide bonds. The molecule has 1 atom stereocenters. The molecule has 0 unspecified atom stereocenters. The lowest BCUT2D eigenvalue weighted by Crippen LogP contribution is -2.28. The van der Waals surface area contributed by atoms with Crippen molar-refractivity contribution >= 4 is 39.1 Å². The van der Waals surface area contributed by atoms with Crippen LogP contribution >= 0.6 is 23.1 Å². The number of esters is 1. The van der Waals surface area contributed by atoms with Crippen molar-refractivity contribution in [2.75, 3.05) is 26.0 Å². The number of sulfonamides is 1. The van der Waals surface area contributed by atoms with Gasteiger partial charge in [-0.2, -0.15) is 4.31 Å². The number of hydrogen-bond donors (Lipinski definition) is 0. The van der Waals surface area contributed by atoms with Crippen molar-refractivity contribution in [1.29, 1.82) is 0 Å². The first kappa shape index (κ1) is 16.8. The Morgan fingerprint density at radius 3 is 2.90 bits per heavy atom. The normalized spacial score (nSPS) is 19.8. The molecule has 1 aliphatic heterocycles. The summed E-state index contributed by atoms with van der Waals surface area (Å²) in [5.74, 6) is 0.000708. The molecule has 1 aromatic rings. The second kappa shape index (κ2) is 7.13. The van der Waals surface area contributed by atoms with Gasteiger partial charge in [-0.1, -0.05) is 6.92 Å². The van der Waals surface area contributed by atoms with Crippen LogP contribution in [0, 0.1) is 0 Å². The third kappa shape index (κ3) is 4.00. The van der Waals surface area contributed by atoms with E-state index in [4.69, 9.17) is 0 Å². The molecular weight excluding hydrogens is 330 g/mol. The van der Waals surface area contributed by atoms with E-state index in [1.165, 1.54) is 34.5 Å². The number of methoxy groups -OCH3 is 1. The standard InChI is InChI=1S/C13H19NO4S3/c1-3-10-4-5-13(20-10)21(16,17)14-7-6-11(8-14)19-9-12(15)18-2/h4-5,11H,3,6-9H2,1-2H3/t11-/m1/s1. The van der Waals surface area contributed by atoms with Crippen molar-refractivity contribution in [1.82, 2.24) is 4.31 Å². The maximum absolute atomic E-state index is 12.5. The zero-order valence-electron chi connectivity index (χ0n) is 12.1. The Hall–Kier alpha value is -0.570. The fraction of sp³-hybridized carbons (Fsp3) is 0.615. The van der Waals surface area contributed by atoms with Gasteiger partial charge < -0.3 is 4.74 Å². The van der Waals surface area contributed by atoms with Crippen molar-refractivity contribution in [2.24, 2.45) is 0 Å². The van der Waals surface area contributed by atoms with Crippen LogP contribution in [-0.2, 0) is 26.0 Å². The van der Waals surface area contributed by atoms with Crippen LogP contribution in [0.25, 0.3) is 0 Å². The zero-order chi connectivity index (χ0) is 15.5. The Kier molecular flexibility index (Phi) is 5.70. The molecule has 5 nitrogen and oxygen atoms in total. The highest BCUT2D eigenvalue weighted by atomic mass is 32.2. The minimum atomic E-state index is -3.38. The largest absolute Gasteiger partial charge is 0.468 e. The van der Waals surface area contributed by atoms with E-state index in [2.05, 4.69) is 4.74 Å². The van der Waals surface area contributed by atoms with Crippen LogP contribution < -0.4 is 0 Å². The molecule has 2 heterocycles. The molecule has 1 aliphatic rings. The minimum absolute atomic E-state index is 0.157. The fourth-order valence-corrected chi connectivity index (χ4v) is 6.20. The lowest BCUT2D eigenvalue weighted by molar-refractivity contribution is -0.137. The molecule has 0 aliphatic carbocycles. The zero-order valence-corrected chi connectivity index (χ0v) is 14.5. The van der Waals surface area contributed by atoms with Crippen LogP contribution in [0.2, 0.25) is 0 Å². The number of nitrogens with zero attached hydrogens (tertiary/aromatic N) is 1. The molecule has 1 aromatic heterocycles. The number of aryl methyl sites for hydroxylation is 1. The summed E-state index contributed by atoms with van der Waals surface area (Å²) >= 11 is 2.80. The van der Waals surface area contributed by atoms with Gasteiger partial charge in [-0.05, 0) is 25.0 Å². The summed E-state index contributed by atoms with van der Waals surface area (Å²) in [5.41, 5.74) is 0. The van der Waals surface area contributed by atoms with Gasteiger partial charge >= 0.3 is 5.97 Å². The number of thioether (sulfide) groups is 1. The van der Waals surface area contributed by atoms with Gasteiger partial charge in [0, 0.05) is 23.2 Å². The molecule has 0 bridgehead atoms. The molecule has 1 saturated heterocycles. The number of carbonyl (C=O) groups is 1. The Morgan fingerprint density at radius 1 is 1.52 bits per heavy atom. The highest BCUT2D eigenvalue weighted by Gasteiger charge is 2.33. The van der Waals surface area contributed by atoms with Gasteiger partial charge in [0.1, 0.15) is 4.21 Å². The molecule has 2 rings (SSSR count). The van der Waals surface area contributed by atoms with Crippen LogP contribution in [0.1, 0.15) is 18.2 Å². The summed E-state index contributed by atoms with van der Waals surface area (Å²) in [5, 5.41) is 0.157. The smallest absolute Gasteiger partial charge is 0.315 e. The van der Waals surface area contributed by atoms with E-state index < -0.39 is 10.0 Å². The highest BCUT2D eigenvalue weighted by Crippen LogP contribution is 2.30. The van der Waals surface area contributed by atoms with Crippen molar-refractivity contribution < 1.29 is 17.9 Å². The summed E-state index contributed by atoms with van der Waals surface area (Å²) < 4.78 is 31.6. The molecule has 0 aromatic carbocycles. The Bertz CT molecular complexity index is 596. The molecular formula is C13H19NO4S3. The summed E-state index contributed by atoms with van der Waals surface area (Å²) in [7, 11) is -2.03. The maximum atomic E-state index is 12.5. The van der Waals surface area contributed by atoms with E-state index in [9.17, 15) is 13.2 Å². The van der Waals surface area contributed by atoms with Crippen molar-refractivity contribution in [3.63, 3.8) is 0 Å². The molecule has 118 valence electrons. The number of ether oxygens (including phenoxy) is 1. The molecule has 0 radical (unpaired) electrons. The third-order valence-electron chi connectivity index (χ3n) is 3.35. The second-order valence-corrected chi connectivity index (χ2v) is 9.36. The lowest BCUT2D eigenvalue weighted by atomic mass is 10.4. The summed E-state index contributed by atoms with van der Waals surface area (Å²) in [6.07, 6.45) is 1.62. The topological polar surface area (TPSA) is 63.7 Å². The Labute approximate surface area is 133 Å². The average Bonchev–Trinajstić information content (AvgIpc) is 3.13. The SMILES string of the molecule is CCc1ccc(S(=O)(=O)N2CC[C@@H](SCC(=O)OC)C2)s1. The fourth-order valence-electron chi connectivity index (χ4n) is 2.11. The van der Waals surface area contributed by atoms with Crippen LogP contribution in [0.15, 0.2) is 16.3 Å². The van der Waals surface area contributed by atoms with Gasteiger partial charge in [-0.25, -0.2) is 8.42 Å². The first-order valence-electron chi connectivity index (χ1n) is 6.74. The summed E-state index contributed by atoms with van der Waals surface area (Å²) in [6, 6.07) is 3.56. The van der Waals surface area contributed by atoms with E-state index in [1.54, 1.807) is 6.07 Å². The van der Waals surface area contributed by atoms with Crippen LogP contribution in [0.5, 0.6) is 0 Å². The Balaban J connectivity index is 1.98. The van der Waals surface area contributed by atoms with E-state index in [0.717, 1.165) is 17.7 Å². The van der Waals surface area contributed by atoms with Gasteiger partial charge in [-0.3, -0.25) is 4.79 Å². The van der Waals surface area contributed by atoms with Crippen LogP contribution in [-0.4, -0.2) is 49.9 Å². The first-order chi connectivity index (χ1) is 9.97. The van der Waals surface area contributed by atoms with Crippen LogP contribution in [0.3, 0.4) is 0 Å². The summed E-state index contributed by atoms with van der Waals surface area (Å²) in [6.45, 7) is 2.99. The lowest BCUT2D eigenvalue weighted by Gasteiger charge is -2.15. The maximum Gasteiger partial charge on any atom is 0.315 e. The third-order valence-corrected chi connectivity index (χ3v) is 8.17. The van der Waals surface area contributed by atoms with Gasteiger partial charge in [0.2, 0.25) is 0 Å². The number of hydrogen-bond acceptors (Lipinski definition) is 6. The number of carbonyl (C=O) groups excluding carboxylic acids is 1. The predicted octanol–water partition coefficient (Wildman–Crippen LogP) is 1.98. The average molecular weight is 349 g/mol. The minimum Gasteiger partial charge on any atom is -0.468 e. The first-order valence-corrected chi connectivity index (χ1v) is 10.0. The van der Waals surface area contributed by atoms with E-state index in [1.807, 2.05) is 13.0 Å². The van der Waals surface area contributed by atoms with Gasteiger partial charge in [0.05, 0.1) is 12.9 Å². The molecule has 21 heavy (non-hydrogen) atoms. The molecule has 0 spiro atoms. The van der Waals surface area contributed by atoms with Crippen molar-refractivity contribution in [2.45, 2.75) is 29.2 Å². The second-order valence-electron chi connectivity index (χ2n) is 4.74. The molecule has 8 heteroatoms. The van der Waals surface area contributed by atoms with E-state index in [-0.39, 0.29) is 17.0 Å². The highest BCUT2D eigenvalue weighted by molar-refractivity contribution is 8.00. The molecule has 0 saturated carbocycles. The van der Waals surface area contributed by atoms with E-state index in [0.29, 0.717) is 17.3 Å². The van der Waals surface area contributed by atoms with E-state index >= 15 is 0 Å². The summed E-state index contributed by atoms with van der Waals surface area (Å²) in [4.78, 5) is 12.2. The monoisotopic (exact) mass is 349 g/mol. The number of thiophene rings is 1. The Morgan fingerprint density at radius 2 is 2.29 bits per heavy atom. The van der Waals surface area contributed by atoms with Crippen molar-refractivity contribution in [3.05, 3.63) is 17.0 Å². The van der Waals surface area contributed by atoms with Crippen LogP contribution in [0.4, 0.5) is 0 Å². The number of rotatable bonds is 6. The van der Waals surface area contributed by atoms with Gasteiger partial charge in [0.25, 0.3) is 10.0 Å². The van der Waals surface area contributed by atoms with Gasteiger partial charge in [-0.15, -0.1) is 23.1 Å². The van der Waals surface area contributed by atoms with Gasteiger partial charge in [0.15, 0.2) is 0 Å². The quantitative estimate of drug-likeness (QED) is 0.735. The predicted molar refractivity (Wildman–Crippen MR) is 85.3 cm³/mol. The molecule has 1 fully saturated rings. The van der Waals surface area contributed by atoms with Crippen molar-refractivity contribution in [3.8, 4) is 0 Å². The molecule has 0 N–H and O–H groups in total.